The number of nitrogens with zero attached hydrogens (tertiary/aromatic N) is 2. The van der Waals surface area contributed by atoms with Crippen molar-refractivity contribution >= 4 is 65.2 Å². The molecule has 0 N–H and O–H groups in total. The van der Waals surface area contributed by atoms with Crippen molar-refractivity contribution in [3.8, 4) is 0 Å². The molecule has 0 fully saturated rings. The molecule has 0 aliphatic heterocycles. The van der Waals surface area contributed by atoms with Crippen LogP contribution in [0.1, 0.15) is 11.1 Å². The first-order chi connectivity index (χ1) is 15.9. The average molecular weight is 724 g/mol. The minimum atomic E-state index is -3.83. The highest BCUT2D eigenvalue weighted by Crippen LogP contribution is 2.27. The van der Waals surface area contributed by atoms with Crippen molar-refractivity contribution in [1.82, 2.24) is 8.61 Å². The van der Waals surface area contributed by atoms with Gasteiger partial charge < -0.3 is 0 Å². The summed E-state index contributed by atoms with van der Waals surface area (Å²) in [5.74, 6) is 0. The molecule has 0 atom stereocenters. The molecule has 0 aliphatic rings. The van der Waals surface area contributed by atoms with Gasteiger partial charge in [0.25, 0.3) is 20.0 Å². The molecule has 0 radical (unpaired) electrons. The van der Waals surface area contributed by atoms with E-state index in [1.807, 2.05) is 59.0 Å². The van der Waals surface area contributed by atoms with E-state index in [4.69, 9.17) is 0 Å². The van der Waals surface area contributed by atoms with Gasteiger partial charge in [-0.1, -0.05) is 47.5 Å². The molecule has 0 bridgehead atoms. The standard InChI is InChI=1S/C24H26I2N2O4S2/c1-5-17-27(33(29,30)21-11-7-19(3)8-12-21)23(25)15-16-24(26)28(18-6-2)34(31,32)22-13-9-20(4)10-14-22/h5-16H,1-2,17-18H2,3-4H3/b23-15-,24-16-. The minimum Gasteiger partial charge on any atom is -0.257 e. The fraction of sp³-hybridized carbons (Fsp3) is 0.167. The molecule has 2 rings (SSSR count). The summed E-state index contributed by atoms with van der Waals surface area (Å²) in [5.41, 5.74) is 1.91. The van der Waals surface area contributed by atoms with Crippen LogP contribution in [0.4, 0.5) is 0 Å². The van der Waals surface area contributed by atoms with Gasteiger partial charge in [0.2, 0.25) is 0 Å². The van der Waals surface area contributed by atoms with Gasteiger partial charge >= 0.3 is 0 Å². The zero-order valence-electron chi connectivity index (χ0n) is 18.9. The van der Waals surface area contributed by atoms with Crippen LogP contribution < -0.4 is 0 Å². The normalized spacial score (nSPS) is 12.8. The number of rotatable bonds is 11. The van der Waals surface area contributed by atoms with Crippen LogP contribution in [0, 0.1) is 13.8 Å². The summed E-state index contributed by atoms with van der Waals surface area (Å²) in [4.78, 5) is 0.327. The van der Waals surface area contributed by atoms with Crippen molar-refractivity contribution in [1.29, 1.82) is 0 Å². The van der Waals surface area contributed by atoms with Crippen molar-refractivity contribution in [3.05, 3.63) is 105 Å². The number of benzene rings is 2. The maximum atomic E-state index is 13.2. The lowest BCUT2D eigenvalue weighted by Crippen LogP contribution is -2.29. The summed E-state index contributed by atoms with van der Waals surface area (Å²) >= 11 is 3.85. The molecular formula is C24H26I2N2O4S2. The molecule has 6 nitrogen and oxygen atoms in total. The van der Waals surface area contributed by atoms with E-state index in [1.54, 1.807) is 60.7 Å². The summed E-state index contributed by atoms with van der Waals surface area (Å²) < 4.78 is 56.1. The lowest BCUT2D eigenvalue weighted by molar-refractivity contribution is 0.517. The van der Waals surface area contributed by atoms with Crippen LogP contribution in [-0.4, -0.2) is 38.5 Å². The van der Waals surface area contributed by atoms with Gasteiger partial charge in [0.1, 0.15) is 0 Å². The molecule has 0 heterocycles. The molecule has 0 saturated heterocycles. The van der Waals surface area contributed by atoms with Gasteiger partial charge in [0.05, 0.1) is 30.3 Å². The van der Waals surface area contributed by atoms with E-state index >= 15 is 0 Å². The molecule has 2 aromatic carbocycles. The Morgan fingerprint density at radius 2 is 1.00 bits per heavy atom. The number of halogens is 2. The Kier molecular flexibility index (Phi) is 10.4. The Bertz CT molecular complexity index is 1200. The quantitative estimate of drug-likeness (QED) is 0.125. The Labute approximate surface area is 230 Å². The average Bonchev–Trinajstić information content (AvgIpc) is 2.79. The second-order valence-electron chi connectivity index (χ2n) is 7.25. The van der Waals surface area contributed by atoms with Crippen molar-refractivity contribution in [2.24, 2.45) is 0 Å². The summed E-state index contributed by atoms with van der Waals surface area (Å²) in [6.07, 6.45) is 6.13. The minimum absolute atomic E-state index is 0.0629. The van der Waals surface area contributed by atoms with Gasteiger partial charge in [-0.3, -0.25) is 8.61 Å². The van der Waals surface area contributed by atoms with E-state index in [2.05, 4.69) is 13.2 Å². The molecular weight excluding hydrogens is 698 g/mol. The number of aryl methyl sites for hydroxylation is 2. The van der Waals surface area contributed by atoms with Crippen LogP contribution in [0.25, 0.3) is 0 Å². The maximum absolute atomic E-state index is 13.2. The molecule has 0 aromatic heterocycles. The molecule has 0 spiro atoms. The van der Waals surface area contributed by atoms with E-state index in [9.17, 15) is 16.8 Å². The van der Waals surface area contributed by atoms with Crippen LogP contribution in [0.5, 0.6) is 0 Å². The smallest absolute Gasteiger partial charge is 0.257 e. The molecule has 0 saturated carbocycles. The fourth-order valence-corrected chi connectivity index (χ4v) is 7.78. The summed E-state index contributed by atoms with van der Waals surface area (Å²) in [5, 5.41) is 0. The summed E-state index contributed by atoms with van der Waals surface area (Å²) in [7, 11) is -7.65. The third-order valence-electron chi connectivity index (χ3n) is 4.64. The molecule has 10 heteroatoms. The van der Waals surface area contributed by atoms with E-state index in [0.717, 1.165) is 11.1 Å². The van der Waals surface area contributed by atoms with Crippen LogP contribution >= 0.6 is 45.2 Å². The van der Waals surface area contributed by atoms with E-state index in [-0.39, 0.29) is 22.9 Å². The van der Waals surface area contributed by atoms with Gasteiger partial charge in [-0.15, -0.1) is 13.2 Å². The first kappa shape index (κ1) is 28.6. The molecule has 34 heavy (non-hydrogen) atoms. The third-order valence-corrected chi connectivity index (χ3v) is 10.8. The number of allylic oxidation sites excluding steroid dienone is 2. The monoisotopic (exact) mass is 724 g/mol. The van der Waals surface area contributed by atoms with Gasteiger partial charge in [-0.2, -0.15) is 0 Å². The Balaban J connectivity index is 2.45. The molecule has 2 aromatic rings. The molecule has 0 amide bonds. The Hall–Kier alpha value is -1.64. The van der Waals surface area contributed by atoms with Crippen molar-refractivity contribution in [2.75, 3.05) is 13.1 Å². The Morgan fingerprint density at radius 3 is 1.26 bits per heavy atom. The third kappa shape index (κ3) is 6.95. The van der Waals surface area contributed by atoms with Crippen LogP contribution in [-0.2, 0) is 20.0 Å². The first-order valence-electron chi connectivity index (χ1n) is 10.1. The summed E-state index contributed by atoms with van der Waals surface area (Å²) in [6.45, 7) is 11.2. The SMILES string of the molecule is C=CCN(/C(I)=C\C=C(\I)N(CC=C)S(=O)(=O)c1ccc(C)cc1)S(=O)(=O)c1ccc(C)cc1. The molecule has 0 unspecified atom stereocenters. The predicted molar refractivity (Wildman–Crippen MR) is 155 cm³/mol. The second-order valence-corrected chi connectivity index (χ2v) is 13.2. The lowest BCUT2D eigenvalue weighted by atomic mass is 10.2. The highest BCUT2D eigenvalue weighted by atomic mass is 127. The van der Waals surface area contributed by atoms with E-state index in [0.29, 0.717) is 7.41 Å². The Morgan fingerprint density at radius 1 is 0.706 bits per heavy atom. The highest BCUT2D eigenvalue weighted by Gasteiger charge is 2.26. The molecule has 182 valence electrons. The topological polar surface area (TPSA) is 74.8 Å². The maximum Gasteiger partial charge on any atom is 0.264 e. The van der Waals surface area contributed by atoms with E-state index in [1.165, 1.54) is 20.8 Å². The van der Waals surface area contributed by atoms with Gasteiger partial charge in [-0.25, -0.2) is 16.8 Å². The van der Waals surface area contributed by atoms with Crippen LogP contribution in [0.15, 0.2) is 103 Å². The number of sulfonamides is 2. The van der Waals surface area contributed by atoms with Crippen molar-refractivity contribution in [3.63, 3.8) is 0 Å². The lowest BCUT2D eigenvalue weighted by Gasteiger charge is -2.24. The van der Waals surface area contributed by atoms with Gasteiger partial charge in [-0.05, 0) is 95.4 Å². The van der Waals surface area contributed by atoms with Crippen LogP contribution in [0.2, 0.25) is 0 Å². The largest absolute Gasteiger partial charge is 0.264 e. The van der Waals surface area contributed by atoms with E-state index < -0.39 is 20.0 Å². The number of hydrogen-bond donors (Lipinski definition) is 0. The zero-order valence-corrected chi connectivity index (χ0v) is 24.8. The predicted octanol–water partition coefficient (Wildman–Crippen LogP) is 5.91. The summed E-state index contributed by atoms with van der Waals surface area (Å²) in [6, 6.07) is 13.2. The number of hydrogen-bond acceptors (Lipinski definition) is 4. The van der Waals surface area contributed by atoms with Crippen molar-refractivity contribution < 1.29 is 16.8 Å². The van der Waals surface area contributed by atoms with Crippen LogP contribution in [0.3, 0.4) is 0 Å². The first-order valence-corrected chi connectivity index (χ1v) is 15.1. The van der Waals surface area contributed by atoms with Crippen molar-refractivity contribution in [2.45, 2.75) is 23.6 Å². The highest BCUT2D eigenvalue weighted by molar-refractivity contribution is 14.1. The fourth-order valence-electron chi connectivity index (χ4n) is 2.81. The molecule has 0 aliphatic carbocycles. The van der Waals surface area contributed by atoms with Gasteiger partial charge in [0, 0.05) is 0 Å². The second kappa shape index (κ2) is 12.4. The zero-order chi connectivity index (χ0) is 25.5. The van der Waals surface area contributed by atoms with Gasteiger partial charge in [0.15, 0.2) is 0 Å².